The number of rotatable bonds is 3. The van der Waals surface area contributed by atoms with Crippen LogP contribution in [0.25, 0.3) is 0 Å². The third-order valence-electron chi connectivity index (χ3n) is 3.08. The van der Waals surface area contributed by atoms with Gasteiger partial charge >= 0.3 is 0 Å². The molecule has 1 unspecified atom stereocenters. The predicted octanol–water partition coefficient (Wildman–Crippen LogP) is 3.50. The maximum atomic E-state index is 13.6. The van der Waals surface area contributed by atoms with E-state index in [-0.39, 0.29) is 5.56 Å². The second-order valence-electron chi connectivity index (χ2n) is 4.42. The normalized spacial score (nSPS) is 12.3. The van der Waals surface area contributed by atoms with E-state index in [1.807, 2.05) is 6.92 Å². The maximum absolute atomic E-state index is 13.6. The van der Waals surface area contributed by atoms with Gasteiger partial charge in [-0.05, 0) is 30.2 Å². The molecule has 0 aliphatic rings. The van der Waals surface area contributed by atoms with E-state index in [2.05, 4.69) is 0 Å². The Kier molecular flexibility index (Phi) is 3.99. The standard InChI is InChI=1S/C15H13F3O2/c1-8-3-4-9(5-14(8)20-2)15(19)10-6-12(17)13(18)7-11(10)16/h3-7,15,19H,1-2H3. The zero-order valence-corrected chi connectivity index (χ0v) is 11.0. The summed E-state index contributed by atoms with van der Waals surface area (Å²) >= 11 is 0. The Hall–Kier alpha value is -2.01. The highest BCUT2D eigenvalue weighted by atomic mass is 19.2. The van der Waals surface area contributed by atoms with Crippen molar-refractivity contribution in [1.82, 2.24) is 0 Å². The van der Waals surface area contributed by atoms with Gasteiger partial charge in [-0.3, -0.25) is 0 Å². The lowest BCUT2D eigenvalue weighted by molar-refractivity contribution is 0.213. The molecule has 1 atom stereocenters. The molecular weight excluding hydrogens is 269 g/mol. The minimum absolute atomic E-state index is 0.324. The van der Waals surface area contributed by atoms with E-state index < -0.39 is 23.6 Å². The zero-order chi connectivity index (χ0) is 14.9. The molecule has 0 radical (unpaired) electrons. The monoisotopic (exact) mass is 282 g/mol. The van der Waals surface area contributed by atoms with Crippen molar-refractivity contribution in [3.63, 3.8) is 0 Å². The van der Waals surface area contributed by atoms with Gasteiger partial charge < -0.3 is 9.84 Å². The SMILES string of the molecule is COc1cc(C(O)c2cc(F)c(F)cc2F)ccc1C. The van der Waals surface area contributed by atoms with Gasteiger partial charge in [-0.15, -0.1) is 0 Å². The Morgan fingerprint density at radius 2 is 1.65 bits per heavy atom. The summed E-state index contributed by atoms with van der Waals surface area (Å²) in [5, 5.41) is 10.1. The van der Waals surface area contributed by atoms with Gasteiger partial charge in [-0.25, -0.2) is 13.2 Å². The Morgan fingerprint density at radius 1 is 1.00 bits per heavy atom. The van der Waals surface area contributed by atoms with Crippen molar-refractivity contribution in [2.75, 3.05) is 7.11 Å². The molecule has 0 spiro atoms. The highest BCUT2D eigenvalue weighted by Crippen LogP contribution is 2.29. The van der Waals surface area contributed by atoms with Crippen LogP contribution in [0.3, 0.4) is 0 Å². The van der Waals surface area contributed by atoms with Crippen LogP contribution in [0.15, 0.2) is 30.3 Å². The topological polar surface area (TPSA) is 29.5 Å². The zero-order valence-electron chi connectivity index (χ0n) is 11.0. The van der Waals surface area contributed by atoms with Gasteiger partial charge in [0.1, 0.15) is 17.7 Å². The van der Waals surface area contributed by atoms with Crippen molar-refractivity contribution in [1.29, 1.82) is 0 Å². The number of halogens is 3. The van der Waals surface area contributed by atoms with Crippen LogP contribution in [0.2, 0.25) is 0 Å². The molecule has 1 N–H and O–H groups in total. The average molecular weight is 282 g/mol. The van der Waals surface area contributed by atoms with Crippen LogP contribution in [0.5, 0.6) is 5.75 Å². The molecule has 0 fully saturated rings. The number of aliphatic hydroxyl groups excluding tert-OH is 1. The minimum Gasteiger partial charge on any atom is -0.496 e. The predicted molar refractivity (Wildman–Crippen MR) is 68.1 cm³/mol. The first kappa shape index (κ1) is 14.4. The van der Waals surface area contributed by atoms with Crippen molar-refractivity contribution in [3.05, 3.63) is 64.5 Å². The summed E-state index contributed by atoms with van der Waals surface area (Å²) in [4.78, 5) is 0. The molecule has 2 aromatic carbocycles. The second kappa shape index (κ2) is 5.54. The smallest absolute Gasteiger partial charge is 0.161 e. The van der Waals surface area contributed by atoms with Crippen LogP contribution < -0.4 is 4.74 Å². The number of aryl methyl sites for hydroxylation is 1. The Bertz CT molecular complexity index is 641. The lowest BCUT2D eigenvalue weighted by Gasteiger charge is -2.15. The average Bonchev–Trinajstić information content (AvgIpc) is 2.42. The highest BCUT2D eigenvalue weighted by Gasteiger charge is 2.19. The van der Waals surface area contributed by atoms with E-state index in [0.717, 1.165) is 5.56 Å². The molecule has 106 valence electrons. The van der Waals surface area contributed by atoms with Gasteiger partial charge in [0.25, 0.3) is 0 Å². The molecule has 0 saturated heterocycles. The quantitative estimate of drug-likeness (QED) is 0.873. The molecule has 2 rings (SSSR count). The number of methoxy groups -OCH3 is 1. The van der Waals surface area contributed by atoms with Crippen LogP contribution in [0.4, 0.5) is 13.2 Å². The van der Waals surface area contributed by atoms with Crippen molar-refractivity contribution in [2.45, 2.75) is 13.0 Å². The third kappa shape index (κ3) is 2.63. The molecule has 0 aliphatic heterocycles. The van der Waals surface area contributed by atoms with Gasteiger partial charge in [0.2, 0.25) is 0 Å². The minimum atomic E-state index is -1.40. The molecule has 0 amide bonds. The fourth-order valence-corrected chi connectivity index (χ4v) is 1.93. The number of ether oxygens (including phenoxy) is 1. The lowest BCUT2D eigenvalue weighted by Crippen LogP contribution is -2.05. The van der Waals surface area contributed by atoms with Crippen LogP contribution >= 0.6 is 0 Å². The van der Waals surface area contributed by atoms with Gasteiger partial charge in [0.05, 0.1) is 7.11 Å². The molecule has 0 aliphatic carbocycles. The van der Waals surface area contributed by atoms with Crippen LogP contribution in [0, 0.1) is 24.4 Å². The van der Waals surface area contributed by atoms with Crippen molar-refractivity contribution in [3.8, 4) is 5.75 Å². The molecule has 0 saturated carbocycles. The number of hydrogen-bond acceptors (Lipinski definition) is 2. The van der Waals surface area contributed by atoms with E-state index in [1.54, 1.807) is 12.1 Å². The second-order valence-corrected chi connectivity index (χ2v) is 4.42. The van der Waals surface area contributed by atoms with E-state index in [1.165, 1.54) is 13.2 Å². The van der Waals surface area contributed by atoms with Gasteiger partial charge in [0.15, 0.2) is 11.6 Å². The lowest BCUT2D eigenvalue weighted by atomic mass is 9.99. The first-order valence-corrected chi connectivity index (χ1v) is 5.91. The molecule has 2 aromatic rings. The third-order valence-corrected chi connectivity index (χ3v) is 3.08. The van der Waals surface area contributed by atoms with E-state index in [0.29, 0.717) is 23.4 Å². The number of aliphatic hydroxyl groups is 1. The molecular formula is C15H13F3O2. The summed E-state index contributed by atoms with van der Waals surface area (Å²) in [5.41, 5.74) is 0.848. The van der Waals surface area contributed by atoms with E-state index in [9.17, 15) is 18.3 Å². The summed E-state index contributed by atoms with van der Waals surface area (Å²) in [6, 6.07) is 5.86. The van der Waals surface area contributed by atoms with Crippen LogP contribution in [-0.2, 0) is 0 Å². The van der Waals surface area contributed by atoms with Gasteiger partial charge in [0, 0.05) is 11.6 Å². The van der Waals surface area contributed by atoms with Crippen molar-refractivity contribution in [2.24, 2.45) is 0 Å². The van der Waals surface area contributed by atoms with Crippen molar-refractivity contribution >= 4 is 0 Å². The van der Waals surface area contributed by atoms with Gasteiger partial charge in [-0.1, -0.05) is 12.1 Å². The van der Waals surface area contributed by atoms with E-state index >= 15 is 0 Å². The summed E-state index contributed by atoms with van der Waals surface area (Å²) in [7, 11) is 1.47. The molecule has 0 bridgehead atoms. The molecule has 0 heterocycles. The summed E-state index contributed by atoms with van der Waals surface area (Å²) in [6.07, 6.45) is -1.40. The fraction of sp³-hybridized carbons (Fsp3) is 0.200. The molecule has 20 heavy (non-hydrogen) atoms. The number of benzene rings is 2. The van der Waals surface area contributed by atoms with E-state index in [4.69, 9.17) is 4.74 Å². The highest BCUT2D eigenvalue weighted by molar-refractivity contribution is 5.40. The largest absolute Gasteiger partial charge is 0.496 e. The fourth-order valence-electron chi connectivity index (χ4n) is 1.93. The van der Waals surface area contributed by atoms with Gasteiger partial charge in [-0.2, -0.15) is 0 Å². The summed E-state index contributed by atoms with van der Waals surface area (Å²) in [5.74, 6) is -2.99. The first-order valence-electron chi connectivity index (χ1n) is 5.91. The summed E-state index contributed by atoms with van der Waals surface area (Å²) in [6.45, 7) is 1.81. The summed E-state index contributed by atoms with van der Waals surface area (Å²) < 4.78 is 44.8. The molecule has 5 heteroatoms. The van der Waals surface area contributed by atoms with Crippen LogP contribution in [0.1, 0.15) is 22.8 Å². The maximum Gasteiger partial charge on any atom is 0.161 e. The first-order chi connectivity index (χ1) is 9.43. The number of hydrogen-bond donors (Lipinski definition) is 1. The molecule has 0 aromatic heterocycles. The molecule has 2 nitrogen and oxygen atoms in total. The Morgan fingerprint density at radius 3 is 2.30 bits per heavy atom. The van der Waals surface area contributed by atoms with Crippen LogP contribution in [-0.4, -0.2) is 12.2 Å². The Labute approximate surface area is 114 Å². The van der Waals surface area contributed by atoms with Crippen molar-refractivity contribution < 1.29 is 23.0 Å². The Balaban J connectivity index is 2.46.